The summed E-state index contributed by atoms with van der Waals surface area (Å²) in [6, 6.07) is 7.65. The Hall–Kier alpha value is -2.93. The molecule has 0 spiro atoms. The van der Waals surface area contributed by atoms with E-state index in [1.54, 1.807) is 7.11 Å². The number of fused-ring (bicyclic) bond motifs is 3. The number of cyclic esters (lactones) is 1. The number of methoxy groups -OCH3 is 2. The summed E-state index contributed by atoms with van der Waals surface area (Å²) in [5, 5.41) is 0. The molecule has 0 amide bonds. The van der Waals surface area contributed by atoms with Crippen LogP contribution in [0.25, 0.3) is 0 Å². The molecule has 5 rings (SSSR count). The molecule has 28 heavy (non-hydrogen) atoms. The van der Waals surface area contributed by atoms with E-state index in [1.807, 2.05) is 31.3 Å². The highest BCUT2D eigenvalue weighted by Crippen LogP contribution is 2.50. The molecule has 0 unspecified atom stereocenters. The molecule has 0 radical (unpaired) electrons. The van der Waals surface area contributed by atoms with Gasteiger partial charge in [-0.2, -0.15) is 0 Å². The fourth-order valence-corrected chi connectivity index (χ4v) is 4.42. The summed E-state index contributed by atoms with van der Waals surface area (Å²) in [5.74, 6) is 2.04. The van der Waals surface area contributed by atoms with E-state index >= 15 is 0 Å². The Morgan fingerprint density at radius 2 is 1.86 bits per heavy atom. The number of hydrogen-bond acceptors (Lipinski definition) is 7. The number of rotatable bonds is 3. The van der Waals surface area contributed by atoms with Crippen molar-refractivity contribution in [3.05, 3.63) is 46.5 Å². The van der Waals surface area contributed by atoms with Crippen LogP contribution in [0.5, 0.6) is 23.0 Å². The van der Waals surface area contributed by atoms with E-state index in [0.29, 0.717) is 17.1 Å². The molecule has 2 aromatic carbocycles. The number of carbonyl (C=O) groups excluding carboxylic acids is 1. The van der Waals surface area contributed by atoms with Crippen molar-refractivity contribution in [2.24, 2.45) is 0 Å². The summed E-state index contributed by atoms with van der Waals surface area (Å²) in [4.78, 5) is 15.0. The lowest BCUT2D eigenvalue weighted by atomic mass is 9.86. The van der Waals surface area contributed by atoms with Crippen LogP contribution in [0.2, 0.25) is 0 Å². The van der Waals surface area contributed by atoms with Crippen molar-refractivity contribution >= 4 is 5.97 Å². The van der Waals surface area contributed by atoms with E-state index in [4.69, 9.17) is 23.7 Å². The van der Waals surface area contributed by atoms with Crippen LogP contribution in [0.15, 0.2) is 24.3 Å². The van der Waals surface area contributed by atoms with Gasteiger partial charge in [-0.15, -0.1) is 0 Å². The lowest BCUT2D eigenvalue weighted by molar-refractivity contribution is 0.00935. The average Bonchev–Trinajstić information content (AvgIpc) is 3.29. The highest BCUT2D eigenvalue weighted by atomic mass is 16.7. The maximum absolute atomic E-state index is 12.8. The molecule has 2 aromatic rings. The number of esters is 1. The van der Waals surface area contributed by atoms with E-state index in [-0.39, 0.29) is 12.8 Å². The van der Waals surface area contributed by atoms with Gasteiger partial charge in [0.2, 0.25) is 6.79 Å². The summed E-state index contributed by atoms with van der Waals surface area (Å²) in [7, 11) is 5.13. The number of benzene rings is 2. The third-order valence-corrected chi connectivity index (χ3v) is 5.77. The molecule has 0 saturated carbocycles. The van der Waals surface area contributed by atoms with Crippen molar-refractivity contribution in [2.45, 2.75) is 18.6 Å². The second-order valence-corrected chi connectivity index (χ2v) is 7.17. The molecule has 0 fully saturated rings. The monoisotopic (exact) mass is 383 g/mol. The van der Waals surface area contributed by atoms with Crippen LogP contribution >= 0.6 is 0 Å². The quantitative estimate of drug-likeness (QED) is 0.755. The number of nitrogens with zero attached hydrogens (tertiary/aromatic N) is 1. The second-order valence-electron chi connectivity index (χ2n) is 7.17. The van der Waals surface area contributed by atoms with E-state index in [2.05, 4.69) is 4.90 Å². The highest BCUT2D eigenvalue weighted by Gasteiger charge is 2.44. The predicted octanol–water partition coefficient (Wildman–Crippen LogP) is 2.87. The first kappa shape index (κ1) is 17.2. The molecule has 3 aliphatic rings. The standard InChI is InChI=1S/C21H21NO6/c1-22-7-6-11-8-15-16(27-10-26-15)9-13(11)18(22)19-12-4-5-14(24-2)20(25-3)17(12)21(23)28-19/h4-5,8-9,18-19H,6-7,10H2,1-3H3/t18-,19+/m1/s1. The van der Waals surface area contributed by atoms with Crippen LogP contribution in [-0.2, 0) is 11.2 Å². The number of likely N-dealkylation sites (N-methyl/N-ethyl adjacent to an activating group) is 1. The average molecular weight is 383 g/mol. The van der Waals surface area contributed by atoms with Crippen LogP contribution in [-0.4, -0.2) is 45.5 Å². The molecule has 0 N–H and O–H groups in total. The molecule has 7 nitrogen and oxygen atoms in total. The SMILES string of the molecule is COc1ccc2c(c1OC)C(=O)O[C@@H]2[C@H]1c2cc3c(cc2CCN1C)OCO3. The van der Waals surface area contributed by atoms with Crippen LogP contribution in [0, 0.1) is 0 Å². The molecule has 0 bridgehead atoms. The first-order valence-electron chi connectivity index (χ1n) is 9.21. The minimum atomic E-state index is -0.438. The van der Waals surface area contributed by atoms with Crippen molar-refractivity contribution in [1.82, 2.24) is 4.90 Å². The Morgan fingerprint density at radius 1 is 1.07 bits per heavy atom. The second kappa shape index (κ2) is 6.31. The summed E-state index contributed by atoms with van der Waals surface area (Å²) in [5.41, 5.74) is 3.54. The van der Waals surface area contributed by atoms with Gasteiger partial charge in [-0.05, 0) is 42.8 Å². The fraction of sp³-hybridized carbons (Fsp3) is 0.381. The Labute approximate surface area is 162 Å². The molecule has 0 aromatic heterocycles. The Morgan fingerprint density at radius 3 is 2.61 bits per heavy atom. The summed E-state index contributed by atoms with van der Waals surface area (Å²) >= 11 is 0. The third-order valence-electron chi connectivity index (χ3n) is 5.77. The van der Waals surface area contributed by atoms with Crippen molar-refractivity contribution in [3.8, 4) is 23.0 Å². The predicted molar refractivity (Wildman–Crippen MR) is 99.3 cm³/mol. The van der Waals surface area contributed by atoms with Crippen LogP contribution in [0.4, 0.5) is 0 Å². The molecule has 146 valence electrons. The maximum Gasteiger partial charge on any atom is 0.343 e. The highest BCUT2D eigenvalue weighted by molar-refractivity contribution is 5.98. The molecule has 2 atom stereocenters. The lowest BCUT2D eigenvalue weighted by Gasteiger charge is -2.37. The number of ether oxygens (including phenoxy) is 5. The van der Waals surface area contributed by atoms with Crippen LogP contribution in [0.3, 0.4) is 0 Å². The van der Waals surface area contributed by atoms with Gasteiger partial charge < -0.3 is 23.7 Å². The van der Waals surface area contributed by atoms with Gasteiger partial charge in [0.25, 0.3) is 0 Å². The summed E-state index contributed by atoms with van der Waals surface area (Å²) < 4.78 is 27.8. The molecule has 7 heteroatoms. The molecule has 0 aliphatic carbocycles. The maximum atomic E-state index is 12.8. The van der Waals surface area contributed by atoms with E-state index in [9.17, 15) is 4.79 Å². The normalized spacial score (nSPS) is 22.5. The zero-order valence-electron chi connectivity index (χ0n) is 16.0. The van der Waals surface area contributed by atoms with Gasteiger partial charge >= 0.3 is 5.97 Å². The number of hydrogen-bond donors (Lipinski definition) is 0. The van der Waals surface area contributed by atoms with Gasteiger partial charge in [0, 0.05) is 12.1 Å². The van der Waals surface area contributed by atoms with Crippen molar-refractivity contribution in [1.29, 1.82) is 0 Å². The third kappa shape index (κ3) is 2.36. The summed E-state index contributed by atoms with van der Waals surface area (Å²) in [6.07, 6.45) is 0.463. The van der Waals surface area contributed by atoms with Gasteiger partial charge in [-0.25, -0.2) is 4.79 Å². The Balaban J connectivity index is 1.63. The minimum absolute atomic E-state index is 0.124. The van der Waals surface area contributed by atoms with Crippen molar-refractivity contribution in [3.63, 3.8) is 0 Å². The van der Waals surface area contributed by atoms with Crippen molar-refractivity contribution in [2.75, 3.05) is 34.6 Å². The van der Waals surface area contributed by atoms with E-state index in [1.165, 1.54) is 12.7 Å². The first-order valence-corrected chi connectivity index (χ1v) is 9.21. The summed E-state index contributed by atoms with van der Waals surface area (Å²) in [6.45, 7) is 1.09. The van der Waals surface area contributed by atoms with Gasteiger partial charge in [-0.3, -0.25) is 4.90 Å². The fourth-order valence-electron chi connectivity index (χ4n) is 4.42. The van der Waals surface area contributed by atoms with Gasteiger partial charge in [-0.1, -0.05) is 6.07 Å². The van der Waals surface area contributed by atoms with Gasteiger partial charge in [0.1, 0.15) is 11.7 Å². The van der Waals surface area contributed by atoms with Gasteiger partial charge in [0.15, 0.2) is 23.0 Å². The largest absolute Gasteiger partial charge is 0.493 e. The lowest BCUT2D eigenvalue weighted by Crippen LogP contribution is -2.36. The molecule has 3 aliphatic heterocycles. The van der Waals surface area contributed by atoms with Crippen LogP contribution < -0.4 is 18.9 Å². The van der Waals surface area contributed by atoms with Crippen LogP contribution in [0.1, 0.15) is 39.2 Å². The smallest absolute Gasteiger partial charge is 0.343 e. The molecule has 0 saturated heterocycles. The zero-order chi connectivity index (χ0) is 19.4. The first-order chi connectivity index (χ1) is 13.6. The zero-order valence-corrected chi connectivity index (χ0v) is 16.0. The number of carbonyl (C=O) groups is 1. The Kier molecular flexibility index (Phi) is 3.87. The van der Waals surface area contributed by atoms with E-state index in [0.717, 1.165) is 35.6 Å². The molecular weight excluding hydrogens is 362 g/mol. The van der Waals surface area contributed by atoms with Gasteiger partial charge in [0.05, 0.1) is 20.3 Å². The molecular formula is C21H21NO6. The Bertz CT molecular complexity index is 972. The van der Waals surface area contributed by atoms with Crippen molar-refractivity contribution < 1.29 is 28.5 Å². The van der Waals surface area contributed by atoms with E-state index < -0.39 is 12.1 Å². The minimum Gasteiger partial charge on any atom is -0.493 e. The topological polar surface area (TPSA) is 66.5 Å². The molecule has 3 heterocycles.